The van der Waals surface area contributed by atoms with Gasteiger partial charge < -0.3 is 5.73 Å². The molecule has 3 heteroatoms. The summed E-state index contributed by atoms with van der Waals surface area (Å²) in [6, 6.07) is 0.146. The lowest BCUT2D eigenvalue weighted by atomic mass is 9.69. The Morgan fingerprint density at radius 2 is 2.12 bits per heavy atom. The molecule has 1 aliphatic rings. The van der Waals surface area contributed by atoms with E-state index in [1.165, 1.54) is 37.7 Å². The lowest BCUT2D eigenvalue weighted by molar-refractivity contribution is 0.170. The molecular weight excluding hydrogens is 198 g/mol. The Kier molecular flexibility index (Phi) is 3.33. The minimum Gasteiger partial charge on any atom is -0.323 e. The third kappa shape index (κ3) is 2.14. The summed E-state index contributed by atoms with van der Waals surface area (Å²) < 4.78 is 1.96. The van der Waals surface area contributed by atoms with Crippen molar-refractivity contribution in [3.8, 4) is 0 Å². The molecular formula is C13H23N3. The van der Waals surface area contributed by atoms with E-state index in [1.54, 1.807) is 0 Å². The van der Waals surface area contributed by atoms with Gasteiger partial charge in [0.25, 0.3) is 0 Å². The van der Waals surface area contributed by atoms with E-state index in [-0.39, 0.29) is 11.5 Å². The van der Waals surface area contributed by atoms with Crippen LogP contribution in [-0.2, 0) is 6.54 Å². The molecule has 2 rings (SSSR count). The SMILES string of the molecule is CCn1cc(C(N)C2(C)CCCCC2)cn1. The summed E-state index contributed by atoms with van der Waals surface area (Å²) >= 11 is 0. The summed E-state index contributed by atoms with van der Waals surface area (Å²) in [4.78, 5) is 0. The summed E-state index contributed by atoms with van der Waals surface area (Å²) in [5.74, 6) is 0. The molecule has 3 nitrogen and oxygen atoms in total. The van der Waals surface area contributed by atoms with Crippen LogP contribution in [0.25, 0.3) is 0 Å². The van der Waals surface area contributed by atoms with Gasteiger partial charge in [-0.2, -0.15) is 5.10 Å². The normalized spacial score (nSPS) is 21.9. The standard InChI is InChI=1S/C13H23N3/c1-3-16-10-11(9-15-16)12(14)13(2)7-5-4-6-8-13/h9-10,12H,3-8,14H2,1-2H3. The number of aryl methyl sites for hydroxylation is 1. The third-order valence-corrected chi connectivity index (χ3v) is 4.08. The summed E-state index contributed by atoms with van der Waals surface area (Å²) in [7, 11) is 0. The molecule has 1 aromatic heterocycles. The number of hydrogen-bond donors (Lipinski definition) is 1. The summed E-state index contributed by atoms with van der Waals surface area (Å²) in [5, 5.41) is 4.32. The Morgan fingerprint density at radius 1 is 1.44 bits per heavy atom. The van der Waals surface area contributed by atoms with Crippen LogP contribution in [0.15, 0.2) is 12.4 Å². The molecule has 0 aliphatic heterocycles. The van der Waals surface area contributed by atoms with Gasteiger partial charge in [-0.15, -0.1) is 0 Å². The minimum absolute atomic E-state index is 0.146. The van der Waals surface area contributed by atoms with Crippen molar-refractivity contribution in [2.75, 3.05) is 0 Å². The average Bonchev–Trinajstić information content (AvgIpc) is 2.77. The maximum absolute atomic E-state index is 6.42. The molecule has 1 unspecified atom stereocenters. The van der Waals surface area contributed by atoms with E-state index < -0.39 is 0 Å². The van der Waals surface area contributed by atoms with E-state index in [9.17, 15) is 0 Å². The van der Waals surface area contributed by atoms with Crippen molar-refractivity contribution < 1.29 is 0 Å². The van der Waals surface area contributed by atoms with Crippen molar-refractivity contribution in [1.82, 2.24) is 9.78 Å². The highest BCUT2D eigenvalue weighted by atomic mass is 15.3. The van der Waals surface area contributed by atoms with Gasteiger partial charge in [0.2, 0.25) is 0 Å². The van der Waals surface area contributed by atoms with Crippen LogP contribution in [0.1, 0.15) is 57.6 Å². The number of rotatable bonds is 3. The monoisotopic (exact) mass is 221 g/mol. The van der Waals surface area contributed by atoms with Crippen molar-refractivity contribution in [3.05, 3.63) is 18.0 Å². The first kappa shape index (κ1) is 11.6. The van der Waals surface area contributed by atoms with Crippen LogP contribution in [0, 0.1) is 5.41 Å². The third-order valence-electron chi connectivity index (χ3n) is 4.08. The first-order valence-corrected chi connectivity index (χ1v) is 6.43. The van der Waals surface area contributed by atoms with E-state index >= 15 is 0 Å². The molecule has 0 bridgehead atoms. The van der Waals surface area contributed by atoms with Crippen molar-refractivity contribution in [2.24, 2.45) is 11.1 Å². The zero-order chi connectivity index (χ0) is 11.6. The topological polar surface area (TPSA) is 43.8 Å². The molecule has 0 aromatic carbocycles. The smallest absolute Gasteiger partial charge is 0.0537 e. The molecule has 1 aliphatic carbocycles. The van der Waals surface area contributed by atoms with Gasteiger partial charge >= 0.3 is 0 Å². The first-order valence-electron chi connectivity index (χ1n) is 6.43. The van der Waals surface area contributed by atoms with Crippen molar-refractivity contribution in [3.63, 3.8) is 0 Å². The highest BCUT2D eigenvalue weighted by Crippen LogP contribution is 2.44. The van der Waals surface area contributed by atoms with Crippen molar-refractivity contribution in [1.29, 1.82) is 0 Å². The van der Waals surface area contributed by atoms with E-state index in [0.29, 0.717) is 0 Å². The van der Waals surface area contributed by atoms with Crippen LogP contribution < -0.4 is 5.73 Å². The second kappa shape index (κ2) is 4.58. The fourth-order valence-electron chi connectivity index (χ4n) is 2.79. The van der Waals surface area contributed by atoms with Gasteiger partial charge in [-0.05, 0) is 25.2 Å². The molecule has 1 atom stereocenters. The van der Waals surface area contributed by atoms with Crippen LogP contribution in [0.3, 0.4) is 0 Å². The predicted molar refractivity (Wildman–Crippen MR) is 66.0 cm³/mol. The molecule has 1 heterocycles. The largest absolute Gasteiger partial charge is 0.323 e. The molecule has 0 amide bonds. The van der Waals surface area contributed by atoms with Crippen LogP contribution in [0.5, 0.6) is 0 Å². The Bertz CT molecular complexity index is 337. The first-order chi connectivity index (χ1) is 7.65. The molecule has 90 valence electrons. The number of aromatic nitrogens is 2. The van der Waals surface area contributed by atoms with Gasteiger partial charge in [0.05, 0.1) is 6.20 Å². The van der Waals surface area contributed by atoms with Gasteiger partial charge in [-0.25, -0.2) is 0 Å². The van der Waals surface area contributed by atoms with Crippen LogP contribution in [0.2, 0.25) is 0 Å². The van der Waals surface area contributed by atoms with Gasteiger partial charge in [0.15, 0.2) is 0 Å². The highest BCUT2D eigenvalue weighted by molar-refractivity contribution is 5.14. The second-order valence-corrected chi connectivity index (χ2v) is 5.32. The van der Waals surface area contributed by atoms with Gasteiger partial charge in [0.1, 0.15) is 0 Å². The molecule has 16 heavy (non-hydrogen) atoms. The van der Waals surface area contributed by atoms with E-state index in [1.807, 2.05) is 10.9 Å². The van der Waals surface area contributed by atoms with Crippen molar-refractivity contribution in [2.45, 2.75) is 58.5 Å². The number of nitrogens with zero attached hydrogens (tertiary/aromatic N) is 2. The maximum atomic E-state index is 6.42. The zero-order valence-corrected chi connectivity index (χ0v) is 10.4. The summed E-state index contributed by atoms with van der Waals surface area (Å²) in [6.45, 7) is 5.36. The van der Waals surface area contributed by atoms with Crippen LogP contribution in [0.4, 0.5) is 0 Å². The van der Waals surface area contributed by atoms with Gasteiger partial charge in [0, 0.05) is 24.3 Å². The minimum atomic E-state index is 0.146. The zero-order valence-electron chi connectivity index (χ0n) is 10.4. The molecule has 0 radical (unpaired) electrons. The number of nitrogens with two attached hydrogens (primary N) is 1. The molecule has 0 spiro atoms. The Balaban J connectivity index is 2.13. The molecule has 2 N–H and O–H groups in total. The lowest BCUT2D eigenvalue weighted by Crippen LogP contribution is -2.33. The Morgan fingerprint density at radius 3 is 2.69 bits per heavy atom. The lowest BCUT2D eigenvalue weighted by Gasteiger charge is -2.38. The van der Waals surface area contributed by atoms with E-state index in [0.717, 1.165) is 6.54 Å². The van der Waals surface area contributed by atoms with Gasteiger partial charge in [-0.3, -0.25) is 4.68 Å². The molecule has 1 saturated carbocycles. The highest BCUT2D eigenvalue weighted by Gasteiger charge is 2.34. The van der Waals surface area contributed by atoms with Crippen LogP contribution >= 0.6 is 0 Å². The van der Waals surface area contributed by atoms with Gasteiger partial charge in [-0.1, -0.05) is 26.2 Å². The number of hydrogen-bond acceptors (Lipinski definition) is 2. The maximum Gasteiger partial charge on any atom is 0.0537 e. The van der Waals surface area contributed by atoms with E-state index in [2.05, 4.69) is 25.1 Å². The van der Waals surface area contributed by atoms with E-state index in [4.69, 9.17) is 5.73 Å². The fourth-order valence-corrected chi connectivity index (χ4v) is 2.79. The summed E-state index contributed by atoms with van der Waals surface area (Å²) in [6.07, 6.45) is 10.6. The Hall–Kier alpha value is -0.830. The quantitative estimate of drug-likeness (QED) is 0.853. The molecule has 1 fully saturated rings. The summed E-state index contributed by atoms with van der Waals surface area (Å²) in [5.41, 5.74) is 7.90. The van der Waals surface area contributed by atoms with Crippen LogP contribution in [-0.4, -0.2) is 9.78 Å². The average molecular weight is 221 g/mol. The van der Waals surface area contributed by atoms with Crippen molar-refractivity contribution >= 4 is 0 Å². The predicted octanol–water partition coefficient (Wildman–Crippen LogP) is 2.87. The second-order valence-electron chi connectivity index (χ2n) is 5.32. The molecule has 0 saturated heterocycles. The molecule has 1 aromatic rings. The Labute approximate surface area is 98.0 Å². The fraction of sp³-hybridized carbons (Fsp3) is 0.769.